The van der Waals surface area contributed by atoms with Gasteiger partial charge >= 0.3 is 0 Å². The fourth-order valence-corrected chi connectivity index (χ4v) is 3.99. The third-order valence-electron chi connectivity index (χ3n) is 4.81. The summed E-state index contributed by atoms with van der Waals surface area (Å²) in [6.45, 7) is 0.735. The molecule has 104 valence electrons. The SMILES string of the molecule is CN(CC1CC2CCC1C2)c1c(F)cc(N)cc1F. The maximum Gasteiger partial charge on any atom is 0.151 e. The highest BCUT2D eigenvalue weighted by molar-refractivity contribution is 5.55. The minimum Gasteiger partial charge on any atom is -0.399 e. The Morgan fingerprint density at radius 1 is 1.21 bits per heavy atom. The molecule has 2 nitrogen and oxygen atoms in total. The van der Waals surface area contributed by atoms with Crippen LogP contribution >= 0.6 is 0 Å². The van der Waals surface area contributed by atoms with E-state index < -0.39 is 11.6 Å². The van der Waals surface area contributed by atoms with Gasteiger partial charge < -0.3 is 10.6 Å². The van der Waals surface area contributed by atoms with Crippen LogP contribution in [0.25, 0.3) is 0 Å². The topological polar surface area (TPSA) is 29.3 Å². The molecule has 1 aromatic carbocycles. The number of hydrogen-bond donors (Lipinski definition) is 1. The van der Waals surface area contributed by atoms with Gasteiger partial charge in [-0.05, 0) is 49.1 Å². The standard InChI is InChI=1S/C15H20F2N2/c1-19(8-11-5-9-2-3-10(11)4-9)15-13(16)6-12(18)7-14(15)17/h6-7,9-11H,2-5,8,18H2,1H3. The molecule has 0 spiro atoms. The van der Waals surface area contributed by atoms with Crippen molar-refractivity contribution in [3.05, 3.63) is 23.8 Å². The van der Waals surface area contributed by atoms with Crippen molar-refractivity contribution in [3.8, 4) is 0 Å². The second-order valence-corrected chi connectivity index (χ2v) is 6.15. The Morgan fingerprint density at radius 2 is 1.89 bits per heavy atom. The molecular weight excluding hydrogens is 246 g/mol. The van der Waals surface area contributed by atoms with E-state index in [4.69, 9.17) is 5.73 Å². The summed E-state index contributed by atoms with van der Waals surface area (Å²) in [4.78, 5) is 1.72. The number of nitrogens with zero attached hydrogens (tertiary/aromatic N) is 1. The maximum absolute atomic E-state index is 13.9. The van der Waals surface area contributed by atoms with Crippen LogP contribution in [-0.4, -0.2) is 13.6 Å². The molecule has 0 saturated heterocycles. The normalized spacial score (nSPS) is 28.9. The molecule has 0 aromatic heterocycles. The van der Waals surface area contributed by atoms with Crippen LogP contribution in [0.3, 0.4) is 0 Å². The first-order valence-electron chi connectivity index (χ1n) is 7.00. The molecule has 2 N–H and O–H groups in total. The van der Waals surface area contributed by atoms with Crippen molar-refractivity contribution in [1.82, 2.24) is 0 Å². The van der Waals surface area contributed by atoms with Crippen LogP contribution in [0.2, 0.25) is 0 Å². The van der Waals surface area contributed by atoms with E-state index in [2.05, 4.69) is 0 Å². The van der Waals surface area contributed by atoms with Gasteiger partial charge in [-0.25, -0.2) is 8.78 Å². The van der Waals surface area contributed by atoms with E-state index in [9.17, 15) is 8.78 Å². The molecule has 2 aliphatic carbocycles. The van der Waals surface area contributed by atoms with E-state index in [-0.39, 0.29) is 11.4 Å². The Morgan fingerprint density at radius 3 is 2.42 bits per heavy atom. The molecule has 3 unspecified atom stereocenters. The van der Waals surface area contributed by atoms with Crippen molar-refractivity contribution in [3.63, 3.8) is 0 Å². The van der Waals surface area contributed by atoms with Crippen LogP contribution < -0.4 is 10.6 Å². The van der Waals surface area contributed by atoms with Gasteiger partial charge in [0.25, 0.3) is 0 Å². The summed E-state index contributed by atoms with van der Waals surface area (Å²) in [5.41, 5.74) is 5.63. The van der Waals surface area contributed by atoms with Crippen molar-refractivity contribution in [2.75, 3.05) is 24.2 Å². The first kappa shape index (κ1) is 12.7. The first-order valence-corrected chi connectivity index (χ1v) is 7.00. The van der Waals surface area contributed by atoms with Gasteiger partial charge in [-0.15, -0.1) is 0 Å². The second kappa shape index (κ2) is 4.66. The fourth-order valence-electron chi connectivity index (χ4n) is 3.99. The van der Waals surface area contributed by atoms with Gasteiger partial charge in [0.15, 0.2) is 11.6 Å². The van der Waals surface area contributed by atoms with Crippen molar-refractivity contribution < 1.29 is 8.78 Å². The number of nitrogen functional groups attached to an aromatic ring is 1. The zero-order valence-corrected chi connectivity index (χ0v) is 11.2. The number of anilines is 2. The van der Waals surface area contributed by atoms with Gasteiger partial charge in [-0.3, -0.25) is 0 Å². The number of halogens is 2. The quantitative estimate of drug-likeness (QED) is 0.849. The number of benzene rings is 1. The molecule has 2 bridgehead atoms. The lowest BCUT2D eigenvalue weighted by molar-refractivity contribution is 0.336. The highest BCUT2D eigenvalue weighted by Gasteiger charge is 2.40. The molecule has 2 saturated carbocycles. The van der Waals surface area contributed by atoms with E-state index in [1.54, 1.807) is 11.9 Å². The average Bonchev–Trinajstić information content (AvgIpc) is 2.89. The first-order chi connectivity index (χ1) is 9.04. The Bertz CT molecular complexity index is 466. The molecule has 2 fully saturated rings. The van der Waals surface area contributed by atoms with E-state index in [1.807, 2.05) is 0 Å². The number of fused-ring (bicyclic) bond motifs is 2. The zero-order valence-electron chi connectivity index (χ0n) is 11.2. The summed E-state index contributed by atoms with van der Waals surface area (Å²) in [6.07, 6.45) is 5.16. The van der Waals surface area contributed by atoms with Gasteiger partial charge in [-0.1, -0.05) is 6.42 Å². The molecule has 0 heterocycles. The summed E-state index contributed by atoms with van der Waals surface area (Å²) in [5.74, 6) is 1.06. The lowest BCUT2D eigenvalue weighted by atomic mass is 9.88. The van der Waals surface area contributed by atoms with Crippen molar-refractivity contribution in [2.24, 2.45) is 17.8 Å². The van der Waals surface area contributed by atoms with E-state index in [1.165, 1.54) is 37.8 Å². The monoisotopic (exact) mass is 266 g/mol. The lowest BCUT2D eigenvalue weighted by Gasteiger charge is -2.29. The van der Waals surface area contributed by atoms with Crippen LogP contribution in [0.15, 0.2) is 12.1 Å². The van der Waals surface area contributed by atoms with E-state index in [0.29, 0.717) is 5.92 Å². The van der Waals surface area contributed by atoms with Crippen LogP contribution in [0.4, 0.5) is 20.2 Å². The molecule has 0 amide bonds. The van der Waals surface area contributed by atoms with Crippen molar-refractivity contribution in [1.29, 1.82) is 0 Å². The smallest absolute Gasteiger partial charge is 0.151 e. The van der Waals surface area contributed by atoms with Gasteiger partial charge in [0, 0.05) is 19.3 Å². The van der Waals surface area contributed by atoms with Gasteiger partial charge in [0.05, 0.1) is 0 Å². The molecule has 0 aliphatic heterocycles. The molecule has 2 aliphatic rings. The molecule has 1 aromatic rings. The predicted octanol–water partition coefficient (Wildman–Crippen LogP) is 3.42. The fraction of sp³-hybridized carbons (Fsp3) is 0.600. The van der Waals surface area contributed by atoms with Gasteiger partial charge in [-0.2, -0.15) is 0 Å². The summed E-state index contributed by atoms with van der Waals surface area (Å²) in [5, 5.41) is 0. The molecule has 0 radical (unpaired) electrons. The molecule has 4 heteroatoms. The third kappa shape index (κ3) is 2.28. The lowest BCUT2D eigenvalue weighted by Crippen LogP contribution is -2.29. The highest BCUT2D eigenvalue weighted by atomic mass is 19.1. The Hall–Kier alpha value is -1.32. The number of hydrogen-bond acceptors (Lipinski definition) is 2. The maximum atomic E-state index is 13.9. The van der Waals surface area contributed by atoms with E-state index >= 15 is 0 Å². The minimum atomic E-state index is -0.567. The molecule has 3 rings (SSSR count). The van der Waals surface area contributed by atoms with Crippen LogP contribution in [0, 0.1) is 29.4 Å². The summed E-state index contributed by atoms with van der Waals surface area (Å²) in [6, 6.07) is 2.38. The Labute approximate surface area is 112 Å². The predicted molar refractivity (Wildman–Crippen MR) is 73.0 cm³/mol. The minimum absolute atomic E-state index is 0.0528. The van der Waals surface area contributed by atoms with Gasteiger partial charge in [0.2, 0.25) is 0 Å². The summed E-state index contributed by atoms with van der Waals surface area (Å²) < 4.78 is 27.7. The van der Waals surface area contributed by atoms with E-state index in [0.717, 1.165) is 18.4 Å². The summed E-state index contributed by atoms with van der Waals surface area (Å²) in [7, 11) is 1.77. The number of nitrogens with two attached hydrogens (primary N) is 1. The average molecular weight is 266 g/mol. The van der Waals surface area contributed by atoms with Crippen molar-refractivity contribution >= 4 is 11.4 Å². The Kier molecular flexibility index (Phi) is 3.11. The molecule has 19 heavy (non-hydrogen) atoms. The molecule has 3 atom stereocenters. The van der Waals surface area contributed by atoms with Gasteiger partial charge in [0.1, 0.15) is 5.69 Å². The second-order valence-electron chi connectivity index (χ2n) is 6.15. The Balaban J connectivity index is 1.75. The van der Waals surface area contributed by atoms with Crippen LogP contribution in [0.1, 0.15) is 25.7 Å². The van der Waals surface area contributed by atoms with Crippen molar-refractivity contribution in [2.45, 2.75) is 25.7 Å². The zero-order chi connectivity index (χ0) is 13.6. The molecular formula is C15H20F2N2. The van der Waals surface area contributed by atoms with Crippen LogP contribution in [0.5, 0.6) is 0 Å². The highest BCUT2D eigenvalue weighted by Crippen LogP contribution is 2.48. The third-order valence-corrected chi connectivity index (χ3v) is 4.81. The largest absolute Gasteiger partial charge is 0.399 e. The van der Waals surface area contributed by atoms with Crippen LogP contribution in [-0.2, 0) is 0 Å². The number of rotatable bonds is 3. The summed E-state index contributed by atoms with van der Waals surface area (Å²) >= 11 is 0.